The quantitative estimate of drug-likeness (QED) is 0.296. The fraction of sp³-hybridized carbons (Fsp3) is 0.0385. The van der Waals surface area contributed by atoms with Gasteiger partial charge >= 0.3 is 0 Å². The summed E-state index contributed by atoms with van der Waals surface area (Å²) in [7, 11) is -3.75. The van der Waals surface area contributed by atoms with Gasteiger partial charge in [-0.2, -0.15) is 0 Å². The summed E-state index contributed by atoms with van der Waals surface area (Å²) in [6.45, 7) is 0.223. The standard InChI is InChI=1S/C26H21ClN2O2S/c27-26-14-8-7-11-22(26)19-28-23-15-17-24(18-16-23)29(20-21-9-3-1-4-10-21)32(30,31)25-12-5-2-6-13-25/h1-19H,20H2. The molecule has 0 amide bonds. The number of rotatable bonds is 7. The Bertz CT molecular complexity index is 1310. The number of hydrogen-bond acceptors (Lipinski definition) is 3. The van der Waals surface area contributed by atoms with Crippen molar-refractivity contribution >= 4 is 39.2 Å². The molecule has 4 nitrogen and oxygen atoms in total. The lowest BCUT2D eigenvalue weighted by molar-refractivity contribution is 0.590. The van der Waals surface area contributed by atoms with E-state index in [1.165, 1.54) is 4.31 Å². The lowest BCUT2D eigenvalue weighted by Crippen LogP contribution is -2.30. The molecule has 0 aliphatic heterocycles. The van der Waals surface area contributed by atoms with Crippen LogP contribution in [0.25, 0.3) is 0 Å². The summed E-state index contributed by atoms with van der Waals surface area (Å²) in [5, 5.41) is 0.621. The van der Waals surface area contributed by atoms with Crippen LogP contribution in [0.3, 0.4) is 0 Å². The highest BCUT2D eigenvalue weighted by Gasteiger charge is 2.25. The third kappa shape index (κ3) is 5.07. The van der Waals surface area contributed by atoms with Gasteiger partial charge in [0.25, 0.3) is 10.0 Å². The predicted octanol–water partition coefficient (Wildman–Crippen LogP) is 6.49. The first-order valence-corrected chi connectivity index (χ1v) is 11.9. The average molecular weight is 461 g/mol. The zero-order chi connectivity index (χ0) is 22.4. The molecule has 0 saturated carbocycles. The Morgan fingerprint density at radius 2 is 1.34 bits per heavy atom. The van der Waals surface area contributed by atoms with Crippen molar-refractivity contribution in [2.45, 2.75) is 11.4 Å². The minimum Gasteiger partial charge on any atom is -0.262 e. The third-order valence-electron chi connectivity index (χ3n) is 4.90. The van der Waals surface area contributed by atoms with E-state index in [2.05, 4.69) is 4.99 Å². The highest BCUT2D eigenvalue weighted by Crippen LogP contribution is 2.28. The third-order valence-corrected chi connectivity index (χ3v) is 7.03. The van der Waals surface area contributed by atoms with Crippen molar-refractivity contribution in [3.63, 3.8) is 0 Å². The van der Waals surface area contributed by atoms with Gasteiger partial charge in [0.05, 0.1) is 22.8 Å². The number of anilines is 1. The van der Waals surface area contributed by atoms with E-state index < -0.39 is 10.0 Å². The van der Waals surface area contributed by atoms with Crippen LogP contribution in [0.15, 0.2) is 119 Å². The number of benzene rings is 4. The normalized spacial score (nSPS) is 11.5. The Kier molecular flexibility index (Phi) is 6.69. The molecule has 0 aliphatic carbocycles. The van der Waals surface area contributed by atoms with E-state index in [9.17, 15) is 8.42 Å². The van der Waals surface area contributed by atoms with Gasteiger partial charge in [-0.05, 0) is 48.0 Å². The zero-order valence-electron chi connectivity index (χ0n) is 17.2. The molecule has 6 heteroatoms. The molecule has 160 valence electrons. The number of aliphatic imine (C=N–C) groups is 1. The first kappa shape index (κ1) is 21.8. The maximum atomic E-state index is 13.5. The van der Waals surface area contributed by atoms with Crippen molar-refractivity contribution in [2.24, 2.45) is 4.99 Å². The van der Waals surface area contributed by atoms with Gasteiger partial charge in [0, 0.05) is 16.8 Å². The Morgan fingerprint density at radius 3 is 2.00 bits per heavy atom. The highest BCUT2D eigenvalue weighted by molar-refractivity contribution is 7.92. The fourth-order valence-corrected chi connectivity index (χ4v) is 4.87. The van der Waals surface area contributed by atoms with Gasteiger partial charge in [-0.3, -0.25) is 9.30 Å². The minimum atomic E-state index is -3.75. The van der Waals surface area contributed by atoms with Crippen LogP contribution in [0.4, 0.5) is 11.4 Å². The zero-order valence-corrected chi connectivity index (χ0v) is 18.7. The number of nitrogens with zero attached hydrogens (tertiary/aromatic N) is 2. The molecule has 0 N–H and O–H groups in total. The van der Waals surface area contributed by atoms with Crippen LogP contribution in [0.1, 0.15) is 11.1 Å². The topological polar surface area (TPSA) is 49.7 Å². The number of hydrogen-bond donors (Lipinski definition) is 0. The SMILES string of the molecule is O=S(=O)(c1ccccc1)N(Cc1ccccc1)c1ccc(N=Cc2ccccc2Cl)cc1. The van der Waals surface area contributed by atoms with Crippen LogP contribution >= 0.6 is 11.6 Å². The number of halogens is 1. The maximum absolute atomic E-state index is 13.5. The Labute approximate surface area is 193 Å². The van der Waals surface area contributed by atoms with Crippen molar-refractivity contribution in [2.75, 3.05) is 4.31 Å². The Morgan fingerprint density at radius 1 is 0.750 bits per heavy atom. The smallest absolute Gasteiger partial charge is 0.262 e. The first-order valence-electron chi connectivity index (χ1n) is 10.0. The largest absolute Gasteiger partial charge is 0.264 e. The van der Waals surface area contributed by atoms with Crippen LogP contribution in [0, 0.1) is 0 Å². The molecule has 4 aromatic carbocycles. The van der Waals surface area contributed by atoms with Gasteiger partial charge < -0.3 is 0 Å². The molecule has 4 aromatic rings. The molecular formula is C26H21ClN2O2S. The number of sulfonamides is 1. The van der Waals surface area contributed by atoms with E-state index in [1.807, 2.05) is 54.6 Å². The second kappa shape index (κ2) is 9.81. The van der Waals surface area contributed by atoms with Crippen LogP contribution in [0.2, 0.25) is 5.02 Å². The van der Waals surface area contributed by atoms with Crippen LogP contribution < -0.4 is 4.31 Å². The van der Waals surface area contributed by atoms with Crippen LogP contribution in [-0.4, -0.2) is 14.6 Å². The average Bonchev–Trinajstić information content (AvgIpc) is 2.84. The molecule has 0 unspecified atom stereocenters. The van der Waals surface area contributed by atoms with E-state index in [0.717, 1.165) is 11.1 Å². The molecule has 0 aromatic heterocycles. The summed E-state index contributed by atoms with van der Waals surface area (Å²) >= 11 is 6.18. The molecule has 0 heterocycles. The Hall–Kier alpha value is -3.41. The molecule has 0 fully saturated rings. The van der Waals surface area contributed by atoms with Crippen molar-refractivity contribution < 1.29 is 8.42 Å². The first-order chi connectivity index (χ1) is 15.5. The molecule has 0 radical (unpaired) electrons. The van der Waals surface area contributed by atoms with Gasteiger partial charge in [-0.1, -0.05) is 78.3 Å². The molecular weight excluding hydrogens is 440 g/mol. The van der Waals surface area contributed by atoms with E-state index in [1.54, 1.807) is 60.8 Å². The van der Waals surface area contributed by atoms with Crippen LogP contribution in [0.5, 0.6) is 0 Å². The van der Waals surface area contributed by atoms with E-state index in [-0.39, 0.29) is 11.4 Å². The summed E-state index contributed by atoms with van der Waals surface area (Å²) in [4.78, 5) is 4.71. The summed E-state index contributed by atoms with van der Waals surface area (Å²) in [6.07, 6.45) is 1.69. The molecule has 0 saturated heterocycles. The summed E-state index contributed by atoms with van der Waals surface area (Å²) in [6, 6.07) is 32.6. The summed E-state index contributed by atoms with van der Waals surface area (Å²) < 4.78 is 28.3. The lowest BCUT2D eigenvalue weighted by atomic mass is 10.2. The van der Waals surface area contributed by atoms with Crippen molar-refractivity contribution in [3.05, 3.63) is 125 Å². The second-order valence-corrected chi connectivity index (χ2v) is 9.38. The molecule has 0 atom stereocenters. The maximum Gasteiger partial charge on any atom is 0.264 e. The molecule has 0 spiro atoms. The van der Waals surface area contributed by atoms with Crippen molar-refractivity contribution in [1.82, 2.24) is 0 Å². The molecule has 0 aliphatic rings. The molecule has 4 rings (SSSR count). The minimum absolute atomic E-state index is 0.223. The van der Waals surface area contributed by atoms with Gasteiger partial charge in [0.15, 0.2) is 0 Å². The lowest BCUT2D eigenvalue weighted by Gasteiger charge is -2.25. The molecule has 0 bridgehead atoms. The van der Waals surface area contributed by atoms with Gasteiger partial charge in [-0.25, -0.2) is 8.42 Å². The van der Waals surface area contributed by atoms with Gasteiger partial charge in [0.1, 0.15) is 0 Å². The highest BCUT2D eigenvalue weighted by atomic mass is 35.5. The van der Waals surface area contributed by atoms with Crippen molar-refractivity contribution in [1.29, 1.82) is 0 Å². The van der Waals surface area contributed by atoms with Crippen molar-refractivity contribution in [3.8, 4) is 0 Å². The van der Waals surface area contributed by atoms with E-state index >= 15 is 0 Å². The predicted molar refractivity (Wildman–Crippen MR) is 131 cm³/mol. The van der Waals surface area contributed by atoms with Crippen LogP contribution in [-0.2, 0) is 16.6 Å². The van der Waals surface area contributed by atoms with E-state index in [4.69, 9.17) is 11.6 Å². The van der Waals surface area contributed by atoms with Gasteiger partial charge in [-0.15, -0.1) is 0 Å². The summed E-state index contributed by atoms with van der Waals surface area (Å²) in [5.74, 6) is 0. The summed E-state index contributed by atoms with van der Waals surface area (Å²) in [5.41, 5.74) is 2.98. The van der Waals surface area contributed by atoms with E-state index in [0.29, 0.717) is 16.4 Å². The van der Waals surface area contributed by atoms with Gasteiger partial charge in [0.2, 0.25) is 0 Å². The fourth-order valence-electron chi connectivity index (χ4n) is 3.21. The molecule has 32 heavy (non-hydrogen) atoms. The Balaban J connectivity index is 1.66. The monoisotopic (exact) mass is 460 g/mol. The second-order valence-electron chi connectivity index (χ2n) is 7.11.